The first-order chi connectivity index (χ1) is 15.3. The molecule has 1 aliphatic heterocycles. The molecule has 1 heterocycles. The van der Waals surface area contributed by atoms with Gasteiger partial charge >= 0.3 is 5.97 Å². The predicted molar refractivity (Wildman–Crippen MR) is 125 cm³/mol. The van der Waals surface area contributed by atoms with E-state index in [0.29, 0.717) is 28.4 Å². The minimum atomic E-state index is -0.934. The number of ether oxygens (including phenoxy) is 2. The number of esters is 1. The summed E-state index contributed by atoms with van der Waals surface area (Å²) in [6.07, 6.45) is 1.72. The van der Waals surface area contributed by atoms with E-state index in [1.54, 1.807) is 49.4 Å². The number of aryl methyl sites for hydroxylation is 1. The summed E-state index contributed by atoms with van der Waals surface area (Å²) in [7, 11) is 0. The molecule has 3 aromatic carbocycles. The Morgan fingerprint density at radius 3 is 2.34 bits per heavy atom. The van der Waals surface area contributed by atoms with Crippen LogP contribution in [-0.4, -0.2) is 11.8 Å². The molecule has 0 saturated heterocycles. The van der Waals surface area contributed by atoms with Gasteiger partial charge in [0.1, 0.15) is 11.5 Å². The van der Waals surface area contributed by atoms with Gasteiger partial charge in [-0.05, 0) is 47.2 Å². The van der Waals surface area contributed by atoms with E-state index in [0.717, 1.165) is 5.56 Å². The Hall–Kier alpha value is -3.37. The van der Waals surface area contributed by atoms with Crippen molar-refractivity contribution in [3.8, 4) is 11.5 Å². The molecular weight excluding hydrogens is 424 g/mol. The molecule has 162 valence electrons. The molecule has 0 radical (unpaired) electrons. The van der Waals surface area contributed by atoms with E-state index in [-0.39, 0.29) is 17.3 Å². The van der Waals surface area contributed by atoms with Gasteiger partial charge in [-0.3, -0.25) is 4.79 Å². The zero-order valence-electron chi connectivity index (χ0n) is 18.1. The Bertz CT molecular complexity index is 1190. The van der Waals surface area contributed by atoms with Crippen LogP contribution >= 0.6 is 11.6 Å². The minimum Gasteiger partial charge on any atom is -0.452 e. The highest BCUT2D eigenvalue weighted by molar-refractivity contribution is 6.30. The highest BCUT2D eigenvalue weighted by Gasteiger charge is 2.31. The molecule has 5 heteroatoms. The Kier molecular flexibility index (Phi) is 6.15. The van der Waals surface area contributed by atoms with Crippen LogP contribution in [0, 0.1) is 6.92 Å². The molecule has 0 saturated carbocycles. The normalized spacial score (nSPS) is 14.9. The number of alkyl halides is 1. The first kappa shape index (κ1) is 21.8. The maximum atomic E-state index is 12.9. The summed E-state index contributed by atoms with van der Waals surface area (Å²) >= 11 is 6.26. The van der Waals surface area contributed by atoms with Crippen LogP contribution in [0.3, 0.4) is 0 Å². The van der Waals surface area contributed by atoms with Crippen LogP contribution < -0.4 is 9.47 Å². The van der Waals surface area contributed by atoms with E-state index < -0.39 is 11.3 Å². The summed E-state index contributed by atoms with van der Waals surface area (Å²) in [6, 6.07) is 20.2. The van der Waals surface area contributed by atoms with Crippen molar-refractivity contribution in [2.24, 2.45) is 0 Å². The lowest BCUT2D eigenvalue weighted by molar-refractivity contribution is -0.134. The molecule has 0 amide bonds. The van der Waals surface area contributed by atoms with Gasteiger partial charge in [-0.15, -0.1) is 11.6 Å². The maximum Gasteiger partial charge on any atom is 0.334 e. The molecule has 3 aromatic rings. The number of ketones is 1. The Balaban J connectivity index is 1.55. The van der Waals surface area contributed by atoms with Crippen LogP contribution in [0.4, 0.5) is 0 Å². The van der Waals surface area contributed by atoms with E-state index >= 15 is 0 Å². The predicted octanol–water partition coefficient (Wildman–Crippen LogP) is 6.62. The maximum absolute atomic E-state index is 12.9. The third-order valence-electron chi connectivity index (χ3n) is 5.36. The second kappa shape index (κ2) is 9.01. The number of halogens is 1. The van der Waals surface area contributed by atoms with Gasteiger partial charge in [-0.2, -0.15) is 0 Å². The fourth-order valence-electron chi connectivity index (χ4n) is 3.59. The number of Topliss-reactive ketones (excluding diaryl/α,β-unsaturated/α-hetero) is 1. The summed E-state index contributed by atoms with van der Waals surface area (Å²) < 4.78 is 11.3. The monoisotopic (exact) mass is 446 g/mol. The van der Waals surface area contributed by atoms with Crippen LogP contribution in [-0.2, 0) is 4.79 Å². The van der Waals surface area contributed by atoms with Crippen molar-refractivity contribution in [2.45, 2.75) is 32.1 Å². The van der Waals surface area contributed by atoms with Crippen LogP contribution in [0.25, 0.3) is 6.08 Å². The lowest BCUT2D eigenvalue weighted by Gasteiger charge is -2.11. The second-order valence-corrected chi connectivity index (χ2v) is 8.51. The van der Waals surface area contributed by atoms with Crippen molar-refractivity contribution in [2.75, 3.05) is 0 Å². The lowest BCUT2D eigenvalue weighted by atomic mass is 10.0. The molecule has 32 heavy (non-hydrogen) atoms. The fourth-order valence-corrected chi connectivity index (χ4v) is 3.78. The van der Waals surface area contributed by atoms with E-state index in [9.17, 15) is 9.59 Å². The van der Waals surface area contributed by atoms with E-state index in [4.69, 9.17) is 21.1 Å². The molecule has 1 aliphatic rings. The number of carbonyl (C=O) groups is 2. The van der Waals surface area contributed by atoms with E-state index in [1.807, 2.05) is 30.3 Å². The number of hydrogen-bond donors (Lipinski definition) is 0. The average molecular weight is 447 g/mol. The van der Waals surface area contributed by atoms with Gasteiger partial charge in [-0.25, -0.2) is 4.79 Å². The minimum absolute atomic E-state index is 0.192. The second-order valence-electron chi connectivity index (χ2n) is 8.07. The van der Waals surface area contributed by atoms with E-state index in [1.165, 1.54) is 5.56 Å². The topological polar surface area (TPSA) is 52.6 Å². The van der Waals surface area contributed by atoms with Crippen molar-refractivity contribution in [3.63, 3.8) is 0 Å². The smallest absolute Gasteiger partial charge is 0.334 e. The molecular formula is C27H23ClO4. The molecule has 1 unspecified atom stereocenters. The summed E-state index contributed by atoms with van der Waals surface area (Å²) in [5.74, 6) is 0.536. The Morgan fingerprint density at radius 2 is 1.69 bits per heavy atom. The zero-order valence-corrected chi connectivity index (χ0v) is 18.8. The molecule has 0 N–H and O–H groups in total. The van der Waals surface area contributed by atoms with Crippen molar-refractivity contribution < 1.29 is 19.1 Å². The number of rotatable bonds is 5. The molecule has 0 bridgehead atoms. The van der Waals surface area contributed by atoms with Gasteiger partial charge in [0.2, 0.25) is 5.78 Å². The molecule has 1 atom stereocenters. The molecule has 4 rings (SSSR count). The number of fused-ring (bicyclic) bond motifs is 1. The van der Waals surface area contributed by atoms with Gasteiger partial charge < -0.3 is 9.47 Å². The van der Waals surface area contributed by atoms with Crippen molar-refractivity contribution in [1.82, 2.24) is 0 Å². The quantitative estimate of drug-likeness (QED) is 0.191. The molecule has 0 aliphatic carbocycles. The fraction of sp³-hybridized carbons (Fsp3) is 0.185. The number of benzene rings is 3. The van der Waals surface area contributed by atoms with Crippen LogP contribution in [0.15, 0.2) is 72.5 Å². The molecule has 0 fully saturated rings. The van der Waals surface area contributed by atoms with Gasteiger partial charge in [0.05, 0.1) is 5.56 Å². The molecule has 0 spiro atoms. The highest BCUT2D eigenvalue weighted by Crippen LogP contribution is 2.38. The third kappa shape index (κ3) is 4.46. The van der Waals surface area contributed by atoms with Crippen molar-refractivity contribution in [3.05, 3.63) is 100 Å². The van der Waals surface area contributed by atoms with Crippen molar-refractivity contribution >= 4 is 29.4 Å². The van der Waals surface area contributed by atoms with E-state index in [2.05, 4.69) is 13.8 Å². The standard InChI is InChI=1S/C27H23ClO4/c1-16(2)19-11-9-18(10-12-19)14-23-26(29)24-17(3)13-21(15-22(24)32-23)31-27(30)25(28)20-7-5-4-6-8-20/h4-16,25H,1-3H3/b23-14-. The lowest BCUT2D eigenvalue weighted by Crippen LogP contribution is -2.14. The number of carbonyl (C=O) groups excluding carboxylic acids is 2. The van der Waals surface area contributed by atoms with Crippen molar-refractivity contribution in [1.29, 1.82) is 0 Å². The Labute approximate surface area is 192 Å². The van der Waals surface area contributed by atoms with Crippen LogP contribution in [0.1, 0.15) is 57.8 Å². The highest BCUT2D eigenvalue weighted by atomic mass is 35.5. The third-order valence-corrected chi connectivity index (χ3v) is 5.79. The van der Waals surface area contributed by atoms with Crippen LogP contribution in [0.5, 0.6) is 11.5 Å². The van der Waals surface area contributed by atoms with Gasteiger partial charge in [0, 0.05) is 6.07 Å². The van der Waals surface area contributed by atoms with Crippen LogP contribution in [0.2, 0.25) is 0 Å². The first-order valence-electron chi connectivity index (χ1n) is 10.4. The Morgan fingerprint density at radius 1 is 1.00 bits per heavy atom. The summed E-state index contributed by atoms with van der Waals surface area (Å²) in [6.45, 7) is 6.05. The summed E-state index contributed by atoms with van der Waals surface area (Å²) in [5, 5.41) is -0.934. The average Bonchev–Trinajstić information content (AvgIpc) is 3.09. The summed E-state index contributed by atoms with van der Waals surface area (Å²) in [5.41, 5.74) is 3.89. The largest absolute Gasteiger partial charge is 0.452 e. The zero-order chi connectivity index (χ0) is 22.8. The number of hydrogen-bond acceptors (Lipinski definition) is 4. The molecule has 4 nitrogen and oxygen atoms in total. The first-order valence-corrected chi connectivity index (χ1v) is 10.9. The SMILES string of the molecule is Cc1cc(OC(=O)C(Cl)c2ccccc2)cc2c1C(=O)/C(=C/c1ccc(C(C)C)cc1)O2. The van der Waals surface area contributed by atoms with Gasteiger partial charge in [0.25, 0.3) is 0 Å². The van der Waals surface area contributed by atoms with Gasteiger partial charge in [0.15, 0.2) is 11.1 Å². The van der Waals surface area contributed by atoms with Gasteiger partial charge in [-0.1, -0.05) is 68.4 Å². The molecule has 0 aromatic heterocycles. The number of allylic oxidation sites excluding steroid dienone is 1. The summed E-state index contributed by atoms with van der Waals surface area (Å²) in [4.78, 5) is 25.4.